The molecule has 0 amide bonds. The molecule has 2 aromatic rings. The summed E-state index contributed by atoms with van der Waals surface area (Å²) >= 11 is 1.88. The Bertz CT molecular complexity index is 454. The monoisotopic (exact) mass is 189 g/mol. The van der Waals surface area contributed by atoms with E-state index >= 15 is 0 Å². The van der Waals surface area contributed by atoms with Crippen molar-refractivity contribution >= 4 is 21.6 Å². The SMILES string of the molecule is Cc1cccc2nc(C3CC3)sc12. The van der Waals surface area contributed by atoms with Crippen LogP contribution in [0, 0.1) is 6.92 Å². The minimum atomic E-state index is 0.789. The van der Waals surface area contributed by atoms with E-state index in [0.717, 1.165) is 5.92 Å². The van der Waals surface area contributed by atoms with Crippen molar-refractivity contribution in [2.75, 3.05) is 0 Å². The lowest BCUT2D eigenvalue weighted by molar-refractivity contribution is 1.10. The summed E-state index contributed by atoms with van der Waals surface area (Å²) in [5, 5.41) is 1.35. The average Bonchev–Trinajstić information content (AvgIpc) is 2.87. The first kappa shape index (κ1) is 7.51. The molecule has 0 atom stereocenters. The highest BCUT2D eigenvalue weighted by molar-refractivity contribution is 7.18. The van der Waals surface area contributed by atoms with Crippen LogP contribution < -0.4 is 0 Å². The predicted molar refractivity (Wildman–Crippen MR) is 56.3 cm³/mol. The van der Waals surface area contributed by atoms with Crippen molar-refractivity contribution in [2.24, 2.45) is 0 Å². The molecule has 3 rings (SSSR count). The van der Waals surface area contributed by atoms with Crippen LogP contribution >= 0.6 is 11.3 Å². The normalized spacial score (nSPS) is 16.7. The van der Waals surface area contributed by atoms with Gasteiger partial charge in [-0.15, -0.1) is 11.3 Å². The topological polar surface area (TPSA) is 12.9 Å². The molecule has 0 saturated heterocycles. The summed E-state index contributed by atoms with van der Waals surface area (Å²) < 4.78 is 1.38. The minimum Gasteiger partial charge on any atom is -0.241 e. The van der Waals surface area contributed by atoms with Crippen LogP contribution in [0.15, 0.2) is 18.2 Å². The molecule has 0 radical (unpaired) electrons. The lowest BCUT2D eigenvalue weighted by Crippen LogP contribution is -1.74. The van der Waals surface area contributed by atoms with E-state index in [1.54, 1.807) is 0 Å². The molecule has 1 aromatic carbocycles. The van der Waals surface area contributed by atoms with Crippen LogP contribution in [0.4, 0.5) is 0 Å². The van der Waals surface area contributed by atoms with Crippen molar-refractivity contribution in [3.05, 3.63) is 28.8 Å². The maximum absolute atomic E-state index is 4.65. The highest BCUT2D eigenvalue weighted by Gasteiger charge is 2.27. The molecule has 0 N–H and O–H groups in total. The van der Waals surface area contributed by atoms with Crippen LogP contribution in [-0.2, 0) is 0 Å². The number of nitrogens with zero attached hydrogens (tertiary/aromatic N) is 1. The molecule has 0 bridgehead atoms. The van der Waals surface area contributed by atoms with E-state index in [2.05, 4.69) is 30.1 Å². The number of aryl methyl sites for hydroxylation is 1. The molecule has 1 aliphatic rings. The number of benzene rings is 1. The molecule has 0 spiro atoms. The lowest BCUT2D eigenvalue weighted by Gasteiger charge is -1.90. The molecule has 1 aliphatic carbocycles. The fourth-order valence-corrected chi connectivity index (χ4v) is 2.81. The second-order valence-corrected chi connectivity index (χ2v) is 4.78. The van der Waals surface area contributed by atoms with E-state index in [0.29, 0.717) is 0 Å². The maximum Gasteiger partial charge on any atom is 0.0969 e. The Balaban J connectivity index is 2.26. The molecule has 1 heterocycles. The summed E-state index contributed by atoms with van der Waals surface area (Å²) in [6, 6.07) is 6.37. The number of aromatic nitrogens is 1. The first-order chi connectivity index (χ1) is 6.34. The molecule has 1 aromatic heterocycles. The van der Waals surface area contributed by atoms with E-state index in [4.69, 9.17) is 0 Å². The smallest absolute Gasteiger partial charge is 0.0969 e. The summed E-state index contributed by atoms with van der Waals surface area (Å²) in [5.41, 5.74) is 2.55. The number of hydrogen-bond acceptors (Lipinski definition) is 2. The van der Waals surface area contributed by atoms with Crippen molar-refractivity contribution in [1.82, 2.24) is 4.98 Å². The first-order valence-electron chi connectivity index (χ1n) is 4.70. The second-order valence-electron chi connectivity index (χ2n) is 3.75. The van der Waals surface area contributed by atoms with Crippen molar-refractivity contribution in [3.8, 4) is 0 Å². The van der Waals surface area contributed by atoms with Gasteiger partial charge in [0.2, 0.25) is 0 Å². The van der Waals surface area contributed by atoms with Crippen molar-refractivity contribution < 1.29 is 0 Å². The van der Waals surface area contributed by atoms with E-state index in [9.17, 15) is 0 Å². The fraction of sp³-hybridized carbons (Fsp3) is 0.364. The Morgan fingerprint density at radius 3 is 2.92 bits per heavy atom. The van der Waals surface area contributed by atoms with E-state index in [1.807, 2.05) is 11.3 Å². The minimum absolute atomic E-state index is 0.789. The third-order valence-electron chi connectivity index (χ3n) is 2.55. The number of hydrogen-bond donors (Lipinski definition) is 0. The molecule has 0 aliphatic heterocycles. The quantitative estimate of drug-likeness (QED) is 0.669. The van der Waals surface area contributed by atoms with E-state index in [1.165, 1.54) is 33.6 Å². The molecule has 1 fully saturated rings. The zero-order valence-corrected chi connectivity index (χ0v) is 8.40. The third-order valence-corrected chi connectivity index (χ3v) is 3.92. The van der Waals surface area contributed by atoms with E-state index in [-0.39, 0.29) is 0 Å². The van der Waals surface area contributed by atoms with Gasteiger partial charge in [0.05, 0.1) is 15.2 Å². The molecule has 13 heavy (non-hydrogen) atoms. The first-order valence-corrected chi connectivity index (χ1v) is 5.52. The molecule has 0 unspecified atom stereocenters. The third kappa shape index (κ3) is 1.17. The Morgan fingerprint density at radius 1 is 1.38 bits per heavy atom. The average molecular weight is 189 g/mol. The zero-order chi connectivity index (χ0) is 8.84. The fourth-order valence-electron chi connectivity index (χ4n) is 1.61. The molecular formula is C11H11NS. The molecule has 2 heteroatoms. The maximum atomic E-state index is 4.65. The van der Waals surface area contributed by atoms with Gasteiger partial charge in [0, 0.05) is 5.92 Å². The largest absolute Gasteiger partial charge is 0.241 e. The molecule has 66 valence electrons. The van der Waals surface area contributed by atoms with Gasteiger partial charge in [0.25, 0.3) is 0 Å². The Hall–Kier alpha value is -0.890. The van der Waals surface area contributed by atoms with Gasteiger partial charge >= 0.3 is 0 Å². The Kier molecular flexibility index (Phi) is 1.47. The highest BCUT2D eigenvalue weighted by Crippen LogP contribution is 2.43. The van der Waals surface area contributed by atoms with Crippen LogP contribution in [-0.4, -0.2) is 4.98 Å². The number of rotatable bonds is 1. The van der Waals surface area contributed by atoms with Gasteiger partial charge in [-0.3, -0.25) is 0 Å². The van der Waals surface area contributed by atoms with Crippen LogP contribution in [0.3, 0.4) is 0 Å². The zero-order valence-electron chi connectivity index (χ0n) is 7.58. The standard InChI is InChI=1S/C11H11NS/c1-7-3-2-4-9-10(7)13-11(12-9)8-5-6-8/h2-4,8H,5-6H2,1H3. The number of thiazole rings is 1. The molecule has 1 nitrogen and oxygen atoms in total. The predicted octanol–water partition coefficient (Wildman–Crippen LogP) is 3.48. The van der Waals surface area contributed by atoms with E-state index < -0.39 is 0 Å². The van der Waals surface area contributed by atoms with Crippen molar-refractivity contribution in [2.45, 2.75) is 25.7 Å². The van der Waals surface area contributed by atoms with Crippen LogP contribution in [0.5, 0.6) is 0 Å². The van der Waals surface area contributed by atoms with Crippen LogP contribution in [0.1, 0.15) is 29.3 Å². The summed E-state index contributed by atoms with van der Waals surface area (Å²) in [5.74, 6) is 0.789. The summed E-state index contributed by atoms with van der Waals surface area (Å²) in [7, 11) is 0. The van der Waals surface area contributed by atoms with Gasteiger partial charge in [-0.25, -0.2) is 4.98 Å². The lowest BCUT2D eigenvalue weighted by atomic mass is 10.2. The summed E-state index contributed by atoms with van der Waals surface area (Å²) in [6.07, 6.45) is 2.69. The highest BCUT2D eigenvalue weighted by atomic mass is 32.1. The second kappa shape index (κ2) is 2.55. The molecule has 1 saturated carbocycles. The Morgan fingerprint density at radius 2 is 2.23 bits per heavy atom. The van der Waals surface area contributed by atoms with Gasteiger partial charge in [0.15, 0.2) is 0 Å². The van der Waals surface area contributed by atoms with Gasteiger partial charge in [-0.05, 0) is 31.4 Å². The Labute approximate surface area is 81.4 Å². The number of fused-ring (bicyclic) bond motifs is 1. The van der Waals surface area contributed by atoms with Gasteiger partial charge in [-0.2, -0.15) is 0 Å². The van der Waals surface area contributed by atoms with Crippen LogP contribution in [0.25, 0.3) is 10.2 Å². The van der Waals surface area contributed by atoms with Gasteiger partial charge < -0.3 is 0 Å². The van der Waals surface area contributed by atoms with Crippen molar-refractivity contribution in [3.63, 3.8) is 0 Å². The molecular weight excluding hydrogens is 178 g/mol. The summed E-state index contributed by atoms with van der Waals surface area (Å²) in [4.78, 5) is 4.65. The van der Waals surface area contributed by atoms with Gasteiger partial charge in [-0.1, -0.05) is 12.1 Å². The summed E-state index contributed by atoms with van der Waals surface area (Å²) in [6.45, 7) is 2.16. The van der Waals surface area contributed by atoms with Crippen LogP contribution in [0.2, 0.25) is 0 Å². The van der Waals surface area contributed by atoms with Crippen molar-refractivity contribution in [1.29, 1.82) is 0 Å². The van der Waals surface area contributed by atoms with Gasteiger partial charge in [0.1, 0.15) is 0 Å².